The summed E-state index contributed by atoms with van der Waals surface area (Å²) in [6.07, 6.45) is 0.605. The quantitative estimate of drug-likeness (QED) is 0.517. The fourth-order valence-electron chi connectivity index (χ4n) is 3.27. The summed E-state index contributed by atoms with van der Waals surface area (Å²) in [5.41, 5.74) is 2.73. The van der Waals surface area contributed by atoms with Gasteiger partial charge in [0, 0.05) is 6.54 Å². The van der Waals surface area contributed by atoms with Crippen LogP contribution in [0.1, 0.15) is 39.7 Å². The molecule has 28 heavy (non-hydrogen) atoms. The molecule has 6 nitrogen and oxygen atoms in total. The average Bonchev–Trinajstić information content (AvgIpc) is 2.63. The lowest BCUT2D eigenvalue weighted by Crippen LogP contribution is -2.52. The molecule has 0 saturated carbocycles. The molecule has 0 saturated heterocycles. The van der Waals surface area contributed by atoms with Gasteiger partial charge < -0.3 is 0 Å². The molecule has 0 aromatic heterocycles. The fraction of sp³-hybridized carbons (Fsp3) is 0.476. The third-order valence-electron chi connectivity index (χ3n) is 4.82. The first kappa shape index (κ1) is 22.3. The Morgan fingerprint density at radius 1 is 1.07 bits per heavy atom. The lowest BCUT2D eigenvalue weighted by Gasteiger charge is -2.32. The van der Waals surface area contributed by atoms with E-state index in [1.54, 1.807) is 37.5 Å². The van der Waals surface area contributed by atoms with Gasteiger partial charge in [0.15, 0.2) is 0 Å². The van der Waals surface area contributed by atoms with E-state index in [0.29, 0.717) is 6.42 Å². The summed E-state index contributed by atoms with van der Waals surface area (Å²) >= 11 is 0. The van der Waals surface area contributed by atoms with Crippen LogP contribution in [0.3, 0.4) is 0 Å². The van der Waals surface area contributed by atoms with Gasteiger partial charge in [-0.2, -0.15) is 4.31 Å². The van der Waals surface area contributed by atoms with Crippen LogP contribution in [0, 0.1) is 18.8 Å². The van der Waals surface area contributed by atoms with E-state index >= 15 is 0 Å². The Bertz CT molecular complexity index is 939. The summed E-state index contributed by atoms with van der Waals surface area (Å²) in [5.74, 6) is -0.766. The number of hydrogen-bond acceptors (Lipinski definition) is 4. The van der Waals surface area contributed by atoms with Crippen LogP contribution in [0.15, 0.2) is 41.3 Å². The molecule has 0 unspecified atom stereocenters. The third kappa shape index (κ3) is 4.90. The second-order valence-corrected chi connectivity index (χ2v) is 9.87. The van der Waals surface area contributed by atoms with E-state index < -0.39 is 22.0 Å². The van der Waals surface area contributed by atoms with Gasteiger partial charge in [0.2, 0.25) is 10.0 Å². The number of nitrogens with one attached hydrogen (secondary N) is 1. The first-order valence-corrected chi connectivity index (χ1v) is 11.0. The van der Waals surface area contributed by atoms with E-state index in [9.17, 15) is 13.2 Å². The van der Waals surface area contributed by atoms with Crippen molar-refractivity contribution in [3.63, 3.8) is 0 Å². The maximum atomic E-state index is 13.5. The van der Waals surface area contributed by atoms with E-state index in [2.05, 4.69) is 0 Å². The predicted octanol–water partition coefficient (Wildman–Crippen LogP) is 3.72. The molecule has 1 atom stereocenters. The zero-order valence-electron chi connectivity index (χ0n) is 17.1. The van der Waals surface area contributed by atoms with E-state index in [0.717, 1.165) is 16.3 Å². The molecule has 0 heterocycles. The Balaban J connectivity index is 2.55. The number of fused-ring (bicyclic) bond motifs is 1. The molecule has 0 aliphatic rings. The summed E-state index contributed by atoms with van der Waals surface area (Å²) in [6.45, 7) is 9.71. The van der Waals surface area contributed by atoms with Gasteiger partial charge in [-0.25, -0.2) is 13.9 Å². The average molecular weight is 407 g/mol. The first-order chi connectivity index (χ1) is 13.1. The zero-order valence-corrected chi connectivity index (χ0v) is 18.0. The van der Waals surface area contributed by atoms with Crippen LogP contribution in [0.5, 0.6) is 0 Å². The van der Waals surface area contributed by atoms with Gasteiger partial charge in [0.25, 0.3) is 5.91 Å². The Kier molecular flexibility index (Phi) is 7.20. The topological polar surface area (TPSA) is 86.7 Å². The molecule has 0 spiro atoms. The number of nitrogens with zero attached hydrogens (tertiary/aromatic N) is 1. The van der Waals surface area contributed by atoms with Crippen molar-refractivity contribution in [1.82, 2.24) is 9.79 Å². The zero-order chi connectivity index (χ0) is 21.1. The van der Waals surface area contributed by atoms with Gasteiger partial charge in [-0.05, 0) is 48.1 Å². The van der Waals surface area contributed by atoms with Gasteiger partial charge in [-0.1, -0.05) is 57.5 Å². The molecule has 154 valence electrons. The van der Waals surface area contributed by atoms with Crippen LogP contribution in [0.25, 0.3) is 10.8 Å². The minimum Gasteiger partial charge on any atom is -0.289 e. The Morgan fingerprint density at radius 2 is 1.68 bits per heavy atom. The molecular weight excluding hydrogens is 376 g/mol. The first-order valence-electron chi connectivity index (χ1n) is 9.54. The van der Waals surface area contributed by atoms with Crippen molar-refractivity contribution in [2.45, 2.75) is 52.0 Å². The maximum absolute atomic E-state index is 13.5. The number of aryl methyl sites for hydroxylation is 1. The second-order valence-electron chi connectivity index (χ2n) is 7.98. The molecule has 1 amide bonds. The number of carbonyl (C=O) groups excluding carboxylic acids is 1. The van der Waals surface area contributed by atoms with Crippen LogP contribution in [0.4, 0.5) is 0 Å². The number of carbonyl (C=O) groups is 1. The molecule has 7 heteroatoms. The minimum absolute atomic E-state index is 0.143. The van der Waals surface area contributed by atoms with Gasteiger partial charge >= 0.3 is 0 Å². The maximum Gasteiger partial charge on any atom is 0.262 e. The smallest absolute Gasteiger partial charge is 0.262 e. The van der Waals surface area contributed by atoms with E-state index in [1.807, 2.05) is 39.0 Å². The normalized spacial score (nSPS) is 13.5. The van der Waals surface area contributed by atoms with Gasteiger partial charge in [0.1, 0.15) is 6.04 Å². The Labute approximate surface area is 167 Å². The van der Waals surface area contributed by atoms with Crippen molar-refractivity contribution in [2.75, 3.05) is 6.54 Å². The molecule has 0 aliphatic carbocycles. The number of rotatable bonds is 8. The van der Waals surface area contributed by atoms with Crippen LogP contribution in [0.2, 0.25) is 0 Å². The number of benzene rings is 2. The number of amides is 1. The lowest BCUT2D eigenvalue weighted by molar-refractivity contribution is -0.134. The molecule has 2 rings (SSSR count). The largest absolute Gasteiger partial charge is 0.289 e. The number of hydrogen-bond donors (Lipinski definition) is 2. The highest BCUT2D eigenvalue weighted by molar-refractivity contribution is 7.89. The molecule has 0 aliphatic heterocycles. The highest BCUT2D eigenvalue weighted by Gasteiger charge is 2.37. The summed E-state index contributed by atoms with van der Waals surface area (Å²) < 4.78 is 28.2. The molecule has 0 bridgehead atoms. The van der Waals surface area contributed by atoms with Gasteiger partial charge in [-0.15, -0.1) is 0 Å². The summed E-state index contributed by atoms with van der Waals surface area (Å²) in [7, 11) is -3.94. The van der Waals surface area contributed by atoms with Crippen LogP contribution in [-0.2, 0) is 14.8 Å². The molecular formula is C21H30N2O4S. The lowest BCUT2D eigenvalue weighted by atomic mass is 10.0. The van der Waals surface area contributed by atoms with Crippen LogP contribution in [-0.4, -0.2) is 36.4 Å². The van der Waals surface area contributed by atoms with Crippen molar-refractivity contribution in [3.05, 3.63) is 42.0 Å². The van der Waals surface area contributed by atoms with E-state index in [4.69, 9.17) is 5.21 Å². The highest BCUT2D eigenvalue weighted by Crippen LogP contribution is 2.27. The molecule has 2 N–H and O–H groups in total. The summed E-state index contributed by atoms with van der Waals surface area (Å²) in [6, 6.07) is 9.83. The van der Waals surface area contributed by atoms with Crippen molar-refractivity contribution in [3.8, 4) is 0 Å². The molecule has 2 aromatic rings. The number of sulfonamides is 1. The monoisotopic (exact) mass is 406 g/mol. The van der Waals surface area contributed by atoms with Gasteiger partial charge in [0.05, 0.1) is 4.90 Å². The molecule has 2 aromatic carbocycles. The highest BCUT2D eigenvalue weighted by atomic mass is 32.2. The summed E-state index contributed by atoms with van der Waals surface area (Å²) in [5, 5.41) is 10.9. The predicted molar refractivity (Wildman–Crippen MR) is 111 cm³/mol. The number of hydroxylamine groups is 1. The van der Waals surface area contributed by atoms with Crippen molar-refractivity contribution >= 4 is 26.7 Å². The van der Waals surface area contributed by atoms with E-state index in [-0.39, 0.29) is 23.3 Å². The molecule has 0 fully saturated rings. The Morgan fingerprint density at radius 3 is 2.25 bits per heavy atom. The van der Waals surface area contributed by atoms with Crippen LogP contribution >= 0.6 is 0 Å². The fourth-order valence-corrected chi connectivity index (χ4v) is 5.04. The minimum atomic E-state index is -3.94. The van der Waals surface area contributed by atoms with Gasteiger partial charge in [-0.3, -0.25) is 10.0 Å². The van der Waals surface area contributed by atoms with Crippen LogP contribution < -0.4 is 5.48 Å². The SMILES string of the molecule is Cc1ccc2cc(S(=O)(=O)N(CCC(C)C)[C@@H](C(=O)NO)C(C)C)ccc2c1. The summed E-state index contributed by atoms with van der Waals surface area (Å²) in [4.78, 5) is 12.4. The van der Waals surface area contributed by atoms with E-state index in [1.165, 1.54) is 4.31 Å². The molecule has 0 radical (unpaired) electrons. The van der Waals surface area contributed by atoms with Crippen molar-refractivity contribution < 1.29 is 18.4 Å². The Hall–Kier alpha value is -1.96. The third-order valence-corrected chi connectivity index (χ3v) is 6.70. The standard InChI is InChI=1S/C21H30N2O4S/c1-14(2)10-11-23(20(15(3)4)21(24)22-25)28(26,27)19-9-8-17-12-16(5)6-7-18(17)13-19/h6-9,12-15,20,25H,10-11H2,1-5H3,(H,22,24)/t20-/m1/s1. The second kappa shape index (κ2) is 9.03. The van der Waals surface area contributed by atoms with Crippen molar-refractivity contribution in [1.29, 1.82) is 0 Å². The van der Waals surface area contributed by atoms with Crippen molar-refractivity contribution in [2.24, 2.45) is 11.8 Å².